The van der Waals surface area contributed by atoms with Crippen LogP contribution in [0.2, 0.25) is 0 Å². The number of carbonyl (C=O) groups is 1. The van der Waals surface area contributed by atoms with E-state index < -0.39 is 5.54 Å². The molecule has 1 aromatic rings. The highest BCUT2D eigenvalue weighted by Crippen LogP contribution is 2.14. The average molecular weight is 224 g/mol. The largest absolute Gasteiger partial charge is 0.469 e. The molecule has 0 saturated carbocycles. The standard InChI is InChI=1S/C12H20N2O2/c1-9-10(6-7-16-9)8-14(5)11(15)12(2,3)13-4/h6-7,13H,8H2,1-5H3. The topological polar surface area (TPSA) is 45.5 Å². The van der Waals surface area contributed by atoms with Crippen LogP contribution in [0.25, 0.3) is 0 Å². The zero-order valence-electron chi connectivity index (χ0n) is 10.6. The first-order chi connectivity index (χ1) is 7.38. The molecule has 1 heterocycles. The lowest BCUT2D eigenvalue weighted by atomic mass is 10.0. The molecule has 0 aliphatic rings. The van der Waals surface area contributed by atoms with Crippen LogP contribution in [0.5, 0.6) is 0 Å². The second kappa shape index (κ2) is 4.70. The van der Waals surface area contributed by atoms with Crippen LogP contribution in [0.1, 0.15) is 25.2 Å². The van der Waals surface area contributed by atoms with E-state index in [2.05, 4.69) is 5.32 Å². The average Bonchev–Trinajstić information content (AvgIpc) is 2.63. The number of rotatable bonds is 4. The lowest BCUT2D eigenvalue weighted by molar-refractivity contribution is -0.136. The van der Waals surface area contributed by atoms with E-state index in [9.17, 15) is 4.79 Å². The van der Waals surface area contributed by atoms with Gasteiger partial charge >= 0.3 is 0 Å². The van der Waals surface area contributed by atoms with Crippen molar-refractivity contribution in [2.45, 2.75) is 32.9 Å². The van der Waals surface area contributed by atoms with Gasteiger partial charge in [-0.25, -0.2) is 0 Å². The molecule has 4 nitrogen and oxygen atoms in total. The van der Waals surface area contributed by atoms with Gasteiger partial charge in [0.25, 0.3) is 0 Å². The lowest BCUT2D eigenvalue weighted by Gasteiger charge is -2.28. The van der Waals surface area contributed by atoms with Gasteiger partial charge < -0.3 is 14.6 Å². The molecule has 0 fully saturated rings. The molecule has 1 rings (SSSR count). The van der Waals surface area contributed by atoms with Crippen molar-refractivity contribution in [2.24, 2.45) is 0 Å². The van der Waals surface area contributed by atoms with Crippen molar-refractivity contribution in [3.63, 3.8) is 0 Å². The number of amides is 1. The van der Waals surface area contributed by atoms with E-state index >= 15 is 0 Å². The van der Waals surface area contributed by atoms with E-state index in [1.165, 1.54) is 0 Å². The zero-order chi connectivity index (χ0) is 12.3. The third-order valence-electron chi connectivity index (χ3n) is 2.88. The molecule has 0 unspecified atom stereocenters. The summed E-state index contributed by atoms with van der Waals surface area (Å²) in [6, 6.07) is 1.89. The second-order valence-corrected chi connectivity index (χ2v) is 4.54. The minimum Gasteiger partial charge on any atom is -0.469 e. The minimum absolute atomic E-state index is 0.0654. The molecule has 0 radical (unpaired) electrons. The molecule has 1 aromatic heterocycles. The number of likely N-dealkylation sites (N-methyl/N-ethyl adjacent to an activating group) is 2. The maximum atomic E-state index is 12.1. The highest BCUT2D eigenvalue weighted by Gasteiger charge is 2.28. The van der Waals surface area contributed by atoms with Crippen molar-refractivity contribution in [1.29, 1.82) is 0 Å². The van der Waals surface area contributed by atoms with Crippen molar-refractivity contribution in [2.75, 3.05) is 14.1 Å². The number of hydrogen-bond acceptors (Lipinski definition) is 3. The number of aryl methyl sites for hydroxylation is 1. The molecule has 0 bridgehead atoms. The zero-order valence-corrected chi connectivity index (χ0v) is 10.6. The number of nitrogens with zero attached hydrogens (tertiary/aromatic N) is 1. The molecule has 1 N–H and O–H groups in total. The summed E-state index contributed by atoms with van der Waals surface area (Å²) in [7, 11) is 3.59. The second-order valence-electron chi connectivity index (χ2n) is 4.54. The number of nitrogens with one attached hydrogen (secondary N) is 1. The van der Waals surface area contributed by atoms with Crippen LogP contribution < -0.4 is 5.32 Å². The summed E-state index contributed by atoms with van der Waals surface area (Å²) in [6.07, 6.45) is 1.65. The van der Waals surface area contributed by atoms with Gasteiger partial charge in [-0.2, -0.15) is 0 Å². The summed E-state index contributed by atoms with van der Waals surface area (Å²) in [5.41, 5.74) is 0.509. The normalized spacial score (nSPS) is 11.6. The van der Waals surface area contributed by atoms with Crippen molar-refractivity contribution in [3.05, 3.63) is 23.7 Å². The lowest BCUT2D eigenvalue weighted by Crippen LogP contribution is -2.51. The predicted octanol–water partition coefficient (Wildman–Crippen LogP) is 1.54. The third-order valence-corrected chi connectivity index (χ3v) is 2.88. The third kappa shape index (κ3) is 2.64. The van der Waals surface area contributed by atoms with Crippen molar-refractivity contribution in [1.82, 2.24) is 10.2 Å². The van der Waals surface area contributed by atoms with E-state index in [0.717, 1.165) is 11.3 Å². The molecule has 4 heteroatoms. The molecule has 0 spiro atoms. The molecule has 90 valence electrons. The van der Waals surface area contributed by atoms with E-state index in [4.69, 9.17) is 4.42 Å². The summed E-state index contributed by atoms with van der Waals surface area (Å²) in [5, 5.41) is 3.00. The maximum Gasteiger partial charge on any atom is 0.242 e. The van der Waals surface area contributed by atoms with Crippen LogP contribution in [0.3, 0.4) is 0 Å². The van der Waals surface area contributed by atoms with Gasteiger partial charge in [0.2, 0.25) is 5.91 Å². The Bertz CT molecular complexity index is 369. The van der Waals surface area contributed by atoms with Crippen LogP contribution in [-0.4, -0.2) is 30.4 Å². The SMILES string of the molecule is CNC(C)(C)C(=O)N(C)Cc1ccoc1C. The highest BCUT2D eigenvalue weighted by molar-refractivity contribution is 5.85. The summed E-state index contributed by atoms with van der Waals surface area (Å²) in [6.45, 7) is 6.21. The quantitative estimate of drug-likeness (QED) is 0.844. The summed E-state index contributed by atoms with van der Waals surface area (Å²) >= 11 is 0. The number of carbonyl (C=O) groups excluding carboxylic acids is 1. The fourth-order valence-electron chi connectivity index (χ4n) is 1.49. The Kier molecular flexibility index (Phi) is 3.75. The van der Waals surface area contributed by atoms with Crippen LogP contribution in [0, 0.1) is 6.92 Å². The minimum atomic E-state index is -0.535. The maximum absolute atomic E-state index is 12.1. The van der Waals surface area contributed by atoms with Crippen LogP contribution in [0.15, 0.2) is 16.7 Å². The predicted molar refractivity (Wildman–Crippen MR) is 63.1 cm³/mol. The van der Waals surface area contributed by atoms with Gasteiger partial charge in [0.05, 0.1) is 11.8 Å². The number of hydrogen-bond donors (Lipinski definition) is 1. The van der Waals surface area contributed by atoms with Gasteiger partial charge in [0.15, 0.2) is 0 Å². The molecule has 0 aliphatic heterocycles. The monoisotopic (exact) mass is 224 g/mol. The molecule has 16 heavy (non-hydrogen) atoms. The van der Waals surface area contributed by atoms with Gasteiger partial charge in [-0.15, -0.1) is 0 Å². The van der Waals surface area contributed by atoms with E-state index in [1.54, 1.807) is 25.3 Å². The Balaban J connectivity index is 2.70. The van der Waals surface area contributed by atoms with Crippen molar-refractivity contribution < 1.29 is 9.21 Å². The molecule has 0 aromatic carbocycles. The molecule has 0 atom stereocenters. The molecular weight excluding hydrogens is 204 g/mol. The molecule has 0 aliphatic carbocycles. The summed E-state index contributed by atoms with van der Waals surface area (Å²) < 4.78 is 5.20. The molecule has 1 amide bonds. The van der Waals surface area contributed by atoms with Gasteiger partial charge in [-0.05, 0) is 33.9 Å². The van der Waals surface area contributed by atoms with E-state index in [-0.39, 0.29) is 5.91 Å². The Morgan fingerprint density at radius 3 is 2.62 bits per heavy atom. The van der Waals surface area contributed by atoms with Gasteiger partial charge in [0.1, 0.15) is 5.76 Å². The highest BCUT2D eigenvalue weighted by atomic mass is 16.3. The number of furan rings is 1. The van der Waals surface area contributed by atoms with Crippen molar-refractivity contribution >= 4 is 5.91 Å². The fraction of sp³-hybridized carbons (Fsp3) is 0.583. The van der Waals surface area contributed by atoms with Crippen LogP contribution >= 0.6 is 0 Å². The van der Waals surface area contributed by atoms with Crippen LogP contribution in [0.4, 0.5) is 0 Å². The first kappa shape index (κ1) is 12.8. The van der Waals surface area contributed by atoms with Gasteiger partial charge in [0, 0.05) is 19.2 Å². The molecule has 0 saturated heterocycles. The first-order valence-corrected chi connectivity index (χ1v) is 5.36. The van der Waals surface area contributed by atoms with Gasteiger partial charge in [-0.3, -0.25) is 4.79 Å². The Labute approximate surface area is 96.6 Å². The van der Waals surface area contributed by atoms with Gasteiger partial charge in [-0.1, -0.05) is 0 Å². The summed E-state index contributed by atoms with van der Waals surface area (Å²) in [5.74, 6) is 0.928. The smallest absolute Gasteiger partial charge is 0.242 e. The van der Waals surface area contributed by atoms with E-state index in [0.29, 0.717) is 6.54 Å². The fourth-order valence-corrected chi connectivity index (χ4v) is 1.49. The first-order valence-electron chi connectivity index (χ1n) is 5.36. The van der Waals surface area contributed by atoms with E-state index in [1.807, 2.05) is 26.8 Å². The molecular formula is C12H20N2O2. The Morgan fingerprint density at radius 1 is 1.56 bits per heavy atom. The van der Waals surface area contributed by atoms with Crippen LogP contribution in [-0.2, 0) is 11.3 Å². The Hall–Kier alpha value is -1.29. The van der Waals surface area contributed by atoms with Crippen molar-refractivity contribution in [3.8, 4) is 0 Å². The Morgan fingerprint density at radius 2 is 2.19 bits per heavy atom. The summed E-state index contributed by atoms with van der Waals surface area (Å²) in [4.78, 5) is 13.8.